The number of amides is 1. The third kappa shape index (κ3) is 4.62. The Hall–Kier alpha value is -2.93. The summed E-state index contributed by atoms with van der Waals surface area (Å²) in [6.07, 6.45) is 0.329. The first-order valence-corrected chi connectivity index (χ1v) is 10.3. The quantitative estimate of drug-likeness (QED) is 0.726. The van der Waals surface area contributed by atoms with Crippen molar-refractivity contribution in [2.45, 2.75) is 13.0 Å². The van der Waals surface area contributed by atoms with Crippen LogP contribution in [0.15, 0.2) is 36.4 Å². The normalized spacial score (nSPS) is 16.3. The molecule has 160 valence electrons. The van der Waals surface area contributed by atoms with E-state index >= 15 is 0 Å². The summed E-state index contributed by atoms with van der Waals surface area (Å²) >= 11 is 0. The number of hydrogen-bond donors (Lipinski definition) is 0. The molecule has 2 aliphatic rings. The van der Waals surface area contributed by atoms with Gasteiger partial charge >= 0.3 is 0 Å². The number of ether oxygens (including phenoxy) is 4. The zero-order valence-corrected chi connectivity index (χ0v) is 17.6. The van der Waals surface area contributed by atoms with E-state index in [-0.39, 0.29) is 5.91 Å². The molecule has 0 N–H and O–H groups in total. The summed E-state index contributed by atoms with van der Waals surface area (Å²) in [7, 11) is 3.23. The van der Waals surface area contributed by atoms with Crippen molar-refractivity contribution >= 4 is 5.91 Å². The summed E-state index contributed by atoms with van der Waals surface area (Å²) in [5.41, 5.74) is 2.07. The molecule has 1 fully saturated rings. The van der Waals surface area contributed by atoms with E-state index in [1.54, 1.807) is 14.2 Å². The Bertz CT molecular complexity index is 893. The fourth-order valence-electron chi connectivity index (χ4n) is 3.87. The maximum absolute atomic E-state index is 12.8. The van der Waals surface area contributed by atoms with Crippen LogP contribution in [0, 0.1) is 0 Å². The molecule has 0 aromatic heterocycles. The van der Waals surface area contributed by atoms with Crippen LogP contribution in [0.1, 0.15) is 11.1 Å². The van der Waals surface area contributed by atoms with Gasteiger partial charge in [0, 0.05) is 44.4 Å². The van der Waals surface area contributed by atoms with Gasteiger partial charge in [0.25, 0.3) is 0 Å². The number of carbonyl (C=O) groups excluding carboxylic acids is 1. The van der Waals surface area contributed by atoms with E-state index in [4.69, 9.17) is 18.9 Å². The number of carbonyl (C=O) groups is 1. The number of nitrogens with zero attached hydrogens (tertiary/aromatic N) is 2. The molecule has 2 aromatic carbocycles. The molecule has 0 saturated carbocycles. The first-order valence-electron chi connectivity index (χ1n) is 10.3. The van der Waals surface area contributed by atoms with Crippen molar-refractivity contribution in [2.75, 3.05) is 53.6 Å². The third-order valence-electron chi connectivity index (χ3n) is 5.57. The first-order chi connectivity index (χ1) is 14.7. The van der Waals surface area contributed by atoms with Crippen molar-refractivity contribution < 1.29 is 23.7 Å². The Morgan fingerprint density at radius 1 is 0.933 bits per heavy atom. The van der Waals surface area contributed by atoms with Crippen LogP contribution in [0.25, 0.3) is 0 Å². The fourth-order valence-corrected chi connectivity index (χ4v) is 3.87. The van der Waals surface area contributed by atoms with Gasteiger partial charge in [-0.25, -0.2) is 0 Å². The first kappa shape index (κ1) is 20.3. The van der Waals surface area contributed by atoms with Crippen LogP contribution >= 0.6 is 0 Å². The second kappa shape index (κ2) is 9.26. The highest BCUT2D eigenvalue weighted by molar-refractivity contribution is 5.79. The number of rotatable bonds is 6. The number of hydrogen-bond acceptors (Lipinski definition) is 6. The summed E-state index contributed by atoms with van der Waals surface area (Å²) in [5.74, 6) is 3.16. The van der Waals surface area contributed by atoms with Crippen molar-refractivity contribution in [1.82, 2.24) is 9.80 Å². The predicted molar refractivity (Wildman–Crippen MR) is 113 cm³/mol. The molecule has 7 heteroatoms. The van der Waals surface area contributed by atoms with E-state index in [1.165, 1.54) is 5.56 Å². The van der Waals surface area contributed by atoms with E-state index in [9.17, 15) is 4.79 Å². The van der Waals surface area contributed by atoms with Crippen molar-refractivity contribution in [3.8, 4) is 23.0 Å². The third-order valence-corrected chi connectivity index (χ3v) is 5.57. The molecule has 1 saturated heterocycles. The Morgan fingerprint density at radius 3 is 2.43 bits per heavy atom. The standard InChI is InChI=1S/C23H28N2O5/c1-27-19-5-4-18(21(15-19)28-2)14-23(26)25-9-7-24(8-10-25)16-17-3-6-20-22(13-17)30-12-11-29-20/h3-6,13,15H,7-12,14,16H2,1-2H3. The molecule has 7 nitrogen and oxygen atoms in total. The minimum absolute atomic E-state index is 0.123. The SMILES string of the molecule is COc1ccc(CC(=O)N2CCN(Cc3ccc4c(c3)OCCO4)CC2)c(OC)c1. The molecule has 1 amide bonds. The van der Waals surface area contributed by atoms with Gasteiger partial charge < -0.3 is 23.8 Å². The fraction of sp³-hybridized carbons (Fsp3) is 0.435. The van der Waals surface area contributed by atoms with Crippen LogP contribution in [0.5, 0.6) is 23.0 Å². The summed E-state index contributed by atoms with van der Waals surface area (Å²) in [5, 5.41) is 0. The summed E-state index contributed by atoms with van der Waals surface area (Å²) in [6.45, 7) is 5.18. The predicted octanol–water partition coefficient (Wildman–Crippen LogP) is 2.36. The molecule has 0 atom stereocenters. The molecule has 0 unspecified atom stereocenters. The molecule has 0 aliphatic carbocycles. The zero-order chi connectivity index (χ0) is 20.9. The van der Waals surface area contributed by atoms with E-state index in [0.717, 1.165) is 55.5 Å². The highest BCUT2D eigenvalue weighted by Gasteiger charge is 2.23. The van der Waals surface area contributed by atoms with Gasteiger partial charge in [0.15, 0.2) is 11.5 Å². The molecular weight excluding hydrogens is 384 g/mol. The maximum atomic E-state index is 12.8. The number of fused-ring (bicyclic) bond motifs is 1. The average molecular weight is 412 g/mol. The monoisotopic (exact) mass is 412 g/mol. The van der Waals surface area contributed by atoms with Crippen LogP contribution in [-0.4, -0.2) is 69.3 Å². The molecule has 2 aliphatic heterocycles. The van der Waals surface area contributed by atoms with Gasteiger partial charge in [-0.05, 0) is 23.8 Å². The Kier molecular flexibility index (Phi) is 6.28. The van der Waals surface area contributed by atoms with E-state index in [1.807, 2.05) is 29.2 Å². The lowest BCUT2D eigenvalue weighted by atomic mass is 10.1. The van der Waals surface area contributed by atoms with Crippen molar-refractivity contribution in [2.24, 2.45) is 0 Å². The smallest absolute Gasteiger partial charge is 0.227 e. The Labute approximate surface area is 177 Å². The van der Waals surface area contributed by atoms with Crippen LogP contribution in [0.3, 0.4) is 0 Å². The van der Waals surface area contributed by atoms with E-state index < -0.39 is 0 Å². The van der Waals surface area contributed by atoms with Gasteiger partial charge in [0.2, 0.25) is 5.91 Å². The molecule has 4 rings (SSSR count). The highest BCUT2D eigenvalue weighted by atomic mass is 16.6. The largest absolute Gasteiger partial charge is 0.497 e. The second-order valence-corrected chi connectivity index (χ2v) is 7.49. The zero-order valence-electron chi connectivity index (χ0n) is 17.6. The number of benzene rings is 2. The van der Waals surface area contributed by atoms with Crippen molar-refractivity contribution in [3.63, 3.8) is 0 Å². The van der Waals surface area contributed by atoms with Crippen LogP contribution in [-0.2, 0) is 17.8 Å². The van der Waals surface area contributed by atoms with E-state index in [0.29, 0.717) is 25.4 Å². The van der Waals surface area contributed by atoms with Gasteiger partial charge in [-0.15, -0.1) is 0 Å². The molecule has 0 bridgehead atoms. The van der Waals surface area contributed by atoms with Gasteiger partial charge in [-0.2, -0.15) is 0 Å². The molecule has 30 heavy (non-hydrogen) atoms. The van der Waals surface area contributed by atoms with Crippen LogP contribution < -0.4 is 18.9 Å². The lowest BCUT2D eigenvalue weighted by Gasteiger charge is -2.35. The maximum Gasteiger partial charge on any atom is 0.227 e. The van der Waals surface area contributed by atoms with Gasteiger partial charge in [0.1, 0.15) is 24.7 Å². The molecule has 2 heterocycles. The van der Waals surface area contributed by atoms with Crippen LogP contribution in [0.2, 0.25) is 0 Å². The van der Waals surface area contributed by atoms with E-state index in [2.05, 4.69) is 17.0 Å². The summed E-state index contributed by atoms with van der Waals surface area (Å²) < 4.78 is 21.9. The lowest BCUT2D eigenvalue weighted by Crippen LogP contribution is -2.48. The average Bonchev–Trinajstić information content (AvgIpc) is 2.79. The topological polar surface area (TPSA) is 60.5 Å². The minimum atomic E-state index is 0.123. The molecule has 0 spiro atoms. The number of piperazine rings is 1. The Morgan fingerprint density at radius 2 is 1.70 bits per heavy atom. The van der Waals surface area contributed by atoms with Gasteiger partial charge in [0.05, 0.1) is 20.6 Å². The lowest BCUT2D eigenvalue weighted by molar-refractivity contribution is -0.132. The summed E-state index contributed by atoms with van der Waals surface area (Å²) in [6, 6.07) is 11.7. The van der Waals surface area contributed by atoms with Crippen molar-refractivity contribution in [3.05, 3.63) is 47.5 Å². The second-order valence-electron chi connectivity index (χ2n) is 7.49. The molecule has 2 aromatic rings. The molecule has 0 radical (unpaired) electrons. The van der Waals surface area contributed by atoms with Gasteiger partial charge in [-0.1, -0.05) is 12.1 Å². The molecular formula is C23H28N2O5. The van der Waals surface area contributed by atoms with Crippen molar-refractivity contribution in [1.29, 1.82) is 0 Å². The Balaban J connectivity index is 1.30. The summed E-state index contributed by atoms with van der Waals surface area (Å²) in [4.78, 5) is 17.1. The van der Waals surface area contributed by atoms with Gasteiger partial charge in [-0.3, -0.25) is 9.69 Å². The minimum Gasteiger partial charge on any atom is -0.497 e. The highest BCUT2D eigenvalue weighted by Crippen LogP contribution is 2.31. The van der Waals surface area contributed by atoms with Crippen LogP contribution in [0.4, 0.5) is 0 Å². The number of methoxy groups -OCH3 is 2.